The van der Waals surface area contributed by atoms with E-state index in [4.69, 9.17) is 4.74 Å². The number of nitrogens with zero attached hydrogens (tertiary/aromatic N) is 1. The summed E-state index contributed by atoms with van der Waals surface area (Å²) in [6.07, 6.45) is 2.39. The summed E-state index contributed by atoms with van der Waals surface area (Å²) in [4.78, 5) is 30.8. The van der Waals surface area contributed by atoms with Gasteiger partial charge in [0.2, 0.25) is 0 Å². The van der Waals surface area contributed by atoms with Gasteiger partial charge in [0, 0.05) is 53.0 Å². The molecule has 1 unspecified atom stereocenters. The van der Waals surface area contributed by atoms with Crippen LogP contribution in [0.15, 0.2) is 58.7 Å². The summed E-state index contributed by atoms with van der Waals surface area (Å²) in [6.45, 7) is 2.72. The van der Waals surface area contributed by atoms with Gasteiger partial charge in [0.1, 0.15) is 5.76 Å². The molecule has 0 bridgehead atoms. The summed E-state index contributed by atoms with van der Waals surface area (Å²) in [6, 6.07) is 12.4. The molecule has 1 fully saturated rings. The number of aliphatic hydroxyl groups is 1. The zero-order chi connectivity index (χ0) is 22.1. The number of benzene rings is 2. The number of carbonyl (C=O) groups excluding carboxylic acids is 2. The molecule has 2 N–H and O–H groups in total. The van der Waals surface area contributed by atoms with Crippen LogP contribution >= 0.6 is 15.9 Å². The third-order valence-corrected chi connectivity index (χ3v) is 6.52. The fraction of sp³-hybridized carbons (Fsp3) is 0.250. The molecule has 31 heavy (non-hydrogen) atoms. The Hall–Kier alpha value is -2.90. The Morgan fingerprint density at radius 2 is 2.00 bits per heavy atom. The van der Waals surface area contributed by atoms with Gasteiger partial charge in [-0.05, 0) is 37.1 Å². The van der Waals surface area contributed by atoms with Crippen molar-refractivity contribution >= 4 is 44.3 Å². The molecule has 0 saturated carbocycles. The van der Waals surface area contributed by atoms with Gasteiger partial charge in [-0.3, -0.25) is 9.59 Å². The highest BCUT2D eigenvalue weighted by Gasteiger charge is 2.46. The van der Waals surface area contributed by atoms with E-state index in [0.717, 1.165) is 26.5 Å². The Bertz CT molecular complexity index is 1200. The number of para-hydroxylation sites is 1. The lowest BCUT2D eigenvalue weighted by molar-refractivity contribution is -0.140. The van der Waals surface area contributed by atoms with E-state index in [1.54, 1.807) is 19.2 Å². The smallest absolute Gasteiger partial charge is 0.295 e. The van der Waals surface area contributed by atoms with E-state index >= 15 is 0 Å². The normalized spacial score (nSPS) is 18.3. The third kappa shape index (κ3) is 3.79. The molecular weight excluding hydrogens is 460 g/mol. The van der Waals surface area contributed by atoms with Gasteiger partial charge in [-0.1, -0.05) is 40.2 Å². The Morgan fingerprint density at radius 3 is 2.74 bits per heavy atom. The largest absolute Gasteiger partial charge is 0.507 e. The fourth-order valence-electron chi connectivity index (χ4n) is 4.08. The molecular formula is C24H23BrN2O4. The number of likely N-dealkylation sites (tertiary alicyclic amines) is 1. The minimum absolute atomic E-state index is 0.105. The lowest BCUT2D eigenvalue weighted by Crippen LogP contribution is -2.31. The number of aromatic nitrogens is 1. The number of nitrogens with one attached hydrogen (secondary N) is 1. The Balaban J connectivity index is 1.89. The van der Waals surface area contributed by atoms with E-state index in [2.05, 4.69) is 20.9 Å². The average Bonchev–Trinajstić information content (AvgIpc) is 3.29. The topological polar surface area (TPSA) is 82.6 Å². The van der Waals surface area contributed by atoms with Gasteiger partial charge in [0.15, 0.2) is 0 Å². The van der Waals surface area contributed by atoms with Crippen LogP contribution in [0.5, 0.6) is 0 Å². The number of ketones is 1. The molecule has 160 valence electrons. The second kappa shape index (κ2) is 8.69. The first-order chi connectivity index (χ1) is 14.9. The predicted octanol–water partition coefficient (Wildman–Crippen LogP) is 4.70. The molecule has 2 heterocycles. The average molecular weight is 483 g/mol. The van der Waals surface area contributed by atoms with Crippen LogP contribution in [0.3, 0.4) is 0 Å². The van der Waals surface area contributed by atoms with Gasteiger partial charge in [-0.15, -0.1) is 0 Å². The number of fused-ring (bicyclic) bond motifs is 1. The van der Waals surface area contributed by atoms with Gasteiger partial charge in [-0.2, -0.15) is 0 Å². The molecule has 1 atom stereocenters. The number of H-pyrrole nitrogens is 1. The monoisotopic (exact) mass is 482 g/mol. The van der Waals surface area contributed by atoms with Crippen LogP contribution in [0.25, 0.3) is 16.7 Å². The van der Waals surface area contributed by atoms with E-state index in [0.29, 0.717) is 25.1 Å². The van der Waals surface area contributed by atoms with E-state index in [1.807, 2.05) is 43.5 Å². The fourth-order valence-corrected chi connectivity index (χ4v) is 4.33. The number of rotatable bonds is 6. The van der Waals surface area contributed by atoms with E-state index in [1.165, 1.54) is 4.90 Å². The van der Waals surface area contributed by atoms with Crippen molar-refractivity contribution in [1.29, 1.82) is 0 Å². The van der Waals surface area contributed by atoms with E-state index < -0.39 is 17.7 Å². The molecule has 0 spiro atoms. The number of carbonyl (C=O) groups is 2. The minimum atomic E-state index is -0.683. The van der Waals surface area contributed by atoms with Crippen LogP contribution in [0.1, 0.15) is 29.2 Å². The van der Waals surface area contributed by atoms with Gasteiger partial charge in [-0.25, -0.2) is 0 Å². The molecule has 6 nitrogen and oxygen atoms in total. The van der Waals surface area contributed by atoms with Crippen LogP contribution in [-0.4, -0.2) is 46.9 Å². The van der Waals surface area contributed by atoms with Crippen molar-refractivity contribution in [3.05, 3.63) is 75.4 Å². The highest BCUT2D eigenvalue weighted by atomic mass is 79.9. The van der Waals surface area contributed by atoms with Crippen molar-refractivity contribution in [2.45, 2.75) is 19.4 Å². The van der Waals surface area contributed by atoms with Crippen LogP contribution < -0.4 is 0 Å². The standard InChI is InChI=1S/C24H23BrN2O4/c1-14-12-15(8-9-18(14)25)22(28)20-21(17-13-26-19-7-4-3-6-16(17)19)27(10-5-11-31-2)24(30)23(20)29/h3-4,6-9,12-13,21,26,28H,5,10-11H2,1-2H3/b22-20+. The van der Waals surface area contributed by atoms with Crippen molar-refractivity contribution in [1.82, 2.24) is 9.88 Å². The maximum atomic E-state index is 13.1. The Kier molecular flexibility index (Phi) is 5.98. The van der Waals surface area contributed by atoms with Crippen LogP contribution in [-0.2, 0) is 14.3 Å². The summed E-state index contributed by atoms with van der Waals surface area (Å²) in [5, 5.41) is 12.1. The number of amides is 1. The maximum Gasteiger partial charge on any atom is 0.295 e. The molecule has 1 aliphatic rings. The van der Waals surface area contributed by atoms with Gasteiger partial charge in [0.05, 0.1) is 11.6 Å². The van der Waals surface area contributed by atoms with E-state index in [9.17, 15) is 14.7 Å². The zero-order valence-corrected chi connectivity index (χ0v) is 18.9. The van der Waals surface area contributed by atoms with Gasteiger partial charge < -0.3 is 19.7 Å². The van der Waals surface area contributed by atoms with Crippen molar-refractivity contribution in [3.63, 3.8) is 0 Å². The molecule has 2 aromatic carbocycles. The second-order valence-corrected chi connectivity index (χ2v) is 8.45. The van der Waals surface area contributed by atoms with Crippen molar-refractivity contribution in [2.75, 3.05) is 20.3 Å². The lowest BCUT2D eigenvalue weighted by Gasteiger charge is -2.24. The van der Waals surface area contributed by atoms with Crippen LogP contribution in [0.4, 0.5) is 0 Å². The summed E-state index contributed by atoms with van der Waals surface area (Å²) in [7, 11) is 1.60. The zero-order valence-electron chi connectivity index (χ0n) is 17.3. The molecule has 1 saturated heterocycles. The highest BCUT2D eigenvalue weighted by Crippen LogP contribution is 2.42. The number of Topliss-reactive ketones (excluding diaryl/α,β-unsaturated/α-hetero) is 1. The van der Waals surface area contributed by atoms with Crippen molar-refractivity contribution < 1.29 is 19.4 Å². The van der Waals surface area contributed by atoms with Crippen molar-refractivity contribution in [3.8, 4) is 0 Å². The SMILES string of the molecule is COCCCN1C(=O)C(=O)/C(=C(/O)c2ccc(Br)c(C)c2)C1c1c[nH]c2ccccc12. The number of aryl methyl sites for hydroxylation is 1. The molecule has 0 aliphatic carbocycles. The molecule has 0 radical (unpaired) electrons. The summed E-state index contributed by atoms with van der Waals surface area (Å²) >= 11 is 3.46. The number of ether oxygens (including phenoxy) is 1. The first-order valence-electron chi connectivity index (χ1n) is 10.0. The number of hydrogen-bond acceptors (Lipinski definition) is 4. The quantitative estimate of drug-likeness (QED) is 0.231. The first kappa shape index (κ1) is 21.3. The Labute approximate surface area is 188 Å². The molecule has 1 amide bonds. The van der Waals surface area contributed by atoms with E-state index in [-0.39, 0.29) is 11.3 Å². The highest BCUT2D eigenvalue weighted by molar-refractivity contribution is 9.10. The van der Waals surface area contributed by atoms with Crippen LogP contribution in [0.2, 0.25) is 0 Å². The summed E-state index contributed by atoms with van der Waals surface area (Å²) in [5.41, 5.74) is 3.21. The third-order valence-electron chi connectivity index (χ3n) is 5.63. The summed E-state index contributed by atoms with van der Waals surface area (Å²) in [5.74, 6) is -1.45. The molecule has 4 rings (SSSR count). The number of aliphatic hydroxyl groups excluding tert-OH is 1. The molecule has 1 aromatic heterocycles. The Morgan fingerprint density at radius 1 is 1.23 bits per heavy atom. The number of halogens is 1. The first-order valence-corrected chi connectivity index (χ1v) is 10.8. The minimum Gasteiger partial charge on any atom is -0.507 e. The van der Waals surface area contributed by atoms with Gasteiger partial charge >= 0.3 is 0 Å². The maximum absolute atomic E-state index is 13.1. The van der Waals surface area contributed by atoms with Gasteiger partial charge in [0.25, 0.3) is 11.7 Å². The predicted molar refractivity (Wildman–Crippen MR) is 123 cm³/mol. The van der Waals surface area contributed by atoms with Crippen LogP contribution in [0, 0.1) is 6.92 Å². The number of aromatic amines is 1. The number of methoxy groups -OCH3 is 1. The molecule has 7 heteroatoms. The van der Waals surface area contributed by atoms with Crippen molar-refractivity contribution in [2.24, 2.45) is 0 Å². The molecule has 1 aliphatic heterocycles. The molecule has 3 aromatic rings. The lowest BCUT2D eigenvalue weighted by atomic mass is 9.94. The number of hydrogen-bond donors (Lipinski definition) is 2. The summed E-state index contributed by atoms with van der Waals surface area (Å²) < 4.78 is 6.03. The second-order valence-electron chi connectivity index (χ2n) is 7.59.